The minimum atomic E-state index is -0.254. The molecule has 0 saturated carbocycles. The van der Waals surface area contributed by atoms with Crippen LogP contribution in [-0.4, -0.2) is 61.3 Å². The summed E-state index contributed by atoms with van der Waals surface area (Å²) in [6.45, 7) is 4.17. The monoisotopic (exact) mass is 463 g/mol. The second-order valence-corrected chi connectivity index (χ2v) is 8.65. The number of anilines is 2. The van der Waals surface area contributed by atoms with Gasteiger partial charge in [-0.1, -0.05) is 0 Å². The lowest BCUT2D eigenvalue weighted by Gasteiger charge is -2.39. The van der Waals surface area contributed by atoms with E-state index in [0.29, 0.717) is 6.73 Å². The van der Waals surface area contributed by atoms with E-state index < -0.39 is 0 Å². The van der Waals surface area contributed by atoms with Gasteiger partial charge < -0.3 is 19.4 Å². The largest absolute Gasteiger partial charge is 0.351 e. The number of hydrogen-bond acceptors (Lipinski definition) is 4. The zero-order valence-electron chi connectivity index (χ0n) is 17.9. The Balaban J connectivity index is 0.00000245. The van der Waals surface area contributed by atoms with Crippen molar-refractivity contribution in [3.05, 3.63) is 59.7 Å². The zero-order valence-corrected chi connectivity index (χ0v) is 18.7. The number of unbranched alkanes of at least 4 members (excludes halogenated alkanes) is 1. The second-order valence-electron chi connectivity index (χ2n) is 8.65. The van der Waals surface area contributed by atoms with Crippen LogP contribution in [0.15, 0.2) is 42.5 Å². The maximum Gasteiger partial charge on any atom is 0.250 e. The number of carbonyl (C=O) groups is 1. The molecule has 1 amide bonds. The first-order valence-corrected chi connectivity index (χ1v) is 11.0. The predicted octanol–water partition coefficient (Wildman–Crippen LogP) is 4.29. The molecule has 5 nitrogen and oxygen atoms in total. The fourth-order valence-corrected chi connectivity index (χ4v) is 5.21. The van der Waals surface area contributed by atoms with Gasteiger partial charge in [0.05, 0.1) is 0 Å². The molecule has 0 aromatic heterocycles. The molecule has 0 N–H and O–H groups in total. The van der Waals surface area contributed by atoms with Gasteiger partial charge in [0.2, 0.25) is 5.91 Å². The molecule has 2 fully saturated rings. The highest BCUT2D eigenvalue weighted by Gasteiger charge is 2.42. The maximum absolute atomic E-state index is 14.1. The molecule has 3 heterocycles. The van der Waals surface area contributed by atoms with E-state index in [-0.39, 0.29) is 48.5 Å². The number of rotatable bonds is 6. The quantitative estimate of drug-likeness (QED) is 0.599. The van der Waals surface area contributed by atoms with Crippen molar-refractivity contribution in [2.45, 2.75) is 31.2 Å². The highest BCUT2D eigenvalue weighted by molar-refractivity contribution is 5.85. The molecule has 2 atom stereocenters. The molecule has 2 aromatic carbocycles. The number of nitrogens with zero attached hydrogens (tertiary/aromatic N) is 3. The van der Waals surface area contributed by atoms with E-state index in [4.69, 9.17) is 4.74 Å². The lowest BCUT2D eigenvalue weighted by Crippen LogP contribution is -2.45. The number of hydrogen-bond donors (Lipinski definition) is 0. The van der Waals surface area contributed by atoms with Crippen LogP contribution in [0.3, 0.4) is 0 Å². The Bertz CT molecular complexity index is 959. The van der Waals surface area contributed by atoms with Crippen LogP contribution < -0.4 is 4.90 Å². The second kappa shape index (κ2) is 9.73. The van der Waals surface area contributed by atoms with Crippen LogP contribution in [0.1, 0.15) is 30.7 Å². The molecular weight excluding hydrogens is 436 g/mol. The first-order chi connectivity index (χ1) is 15.1. The first kappa shape index (κ1) is 23.0. The normalized spacial score (nSPS) is 22.6. The number of likely N-dealkylation sites (tertiary alicyclic amines) is 1. The van der Waals surface area contributed by atoms with Gasteiger partial charge in [-0.3, -0.25) is 4.79 Å². The van der Waals surface area contributed by atoms with E-state index >= 15 is 0 Å². The van der Waals surface area contributed by atoms with Crippen molar-refractivity contribution in [3.8, 4) is 0 Å². The van der Waals surface area contributed by atoms with E-state index in [1.807, 2.05) is 6.07 Å². The van der Waals surface area contributed by atoms with Gasteiger partial charge in [-0.2, -0.15) is 0 Å². The van der Waals surface area contributed by atoms with E-state index in [2.05, 4.69) is 9.80 Å². The molecule has 32 heavy (non-hydrogen) atoms. The Labute approximate surface area is 193 Å². The molecule has 0 unspecified atom stereocenters. The highest BCUT2D eigenvalue weighted by atomic mass is 35.5. The van der Waals surface area contributed by atoms with Crippen molar-refractivity contribution in [1.29, 1.82) is 0 Å². The fourth-order valence-electron chi connectivity index (χ4n) is 5.21. The average Bonchev–Trinajstić information content (AvgIpc) is 3.32. The van der Waals surface area contributed by atoms with E-state index in [1.54, 1.807) is 23.1 Å². The summed E-state index contributed by atoms with van der Waals surface area (Å²) in [4.78, 5) is 18.1. The summed E-state index contributed by atoms with van der Waals surface area (Å²) in [6, 6.07) is 11.9. The number of piperidine rings is 1. The molecule has 3 aliphatic rings. The van der Waals surface area contributed by atoms with Gasteiger partial charge in [0.1, 0.15) is 25.0 Å². The molecule has 8 heteroatoms. The highest BCUT2D eigenvalue weighted by Crippen LogP contribution is 2.48. The number of benzene rings is 2. The summed E-state index contributed by atoms with van der Waals surface area (Å²) in [5.74, 6) is -0.173. The van der Waals surface area contributed by atoms with Crippen LogP contribution in [0.25, 0.3) is 0 Å². The number of amides is 1. The molecule has 0 aliphatic carbocycles. The van der Waals surface area contributed by atoms with Crippen molar-refractivity contribution >= 4 is 29.7 Å². The smallest absolute Gasteiger partial charge is 0.250 e. The third-order valence-corrected chi connectivity index (χ3v) is 6.72. The van der Waals surface area contributed by atoms with E-state index in [9.17, 15) is 13.6 Å². The van der Waals surface area contributed by atoms with Crippen molar-refractivity contribution in [3.63, 3.8) is 0 Å². The van der Waals surface area contributed by atoms with E-state index in [0.717, 1.165) is 62.4 Å². The molecule has 3 aliphatic heterocycles. The summed E-state index contributed by atoms with van der Waals surface area (Å²) in [5.41, 5.74) is 3.02. The van der Waals surface area contributed by atoms with Gasteiger partial charge in [0.15, 0.2) is 0 Å². The molecule has 0 bridgehead atoms. The van der Waals surface area contributed by atoms with Crippen LogP contribution in [0.2, 0.25) is 0 Å². The predicted molar refractivity (Wildman–Crippen MR) is 122 cm³/mol. The van der Waals surface area contributed by atoms with Crippen LogP contribution in [-0.2, 0) is 9.53 Å². The lowest BCUT2D eigenvalue weighted by molar-refractivity contribution is -0.126. The molecule has 5 rings (SSSR count). The Morgan fingerprint density at radius 2 is 1.75 bits per heavy atom. The number of halogens is 3. The van der Waals surface area contributed by atoms with Gasteiger partial charge in [-0.15, -0.1) is 12.4 Å². The molecule has 2 aromatic rings. The third-order valence-electron chi connectivity index (χ3n) is 6.72. The molecule has 172 valence electrons. The van der Waals surface area contributed by atoms with Gasteiger partial charge in [-0.25, -0.2) is 8.78 Å². The van der Waals surface area contributed by atoms with Crippen molar-refractivity contribution in [1.82, 2.24) is 9.80 Å². The molecule has 0 radical (unpaired) electrons. The minimum absolute atomic E-state index is 0. The lowest BCUT2D eigenvalue weighted by atomic mass is 9.89. The first-order valence-electron chi connectivity index (χ1n) is 11.0. The van der Waals surface area contributed by atoms with Crippen LogP contribution in [0.5, 0.6) is 0 Å². The van der Waals surface area contributed by atoms with E-state index in [1.165, 1.54) is 18.2 Å². The van der Waals surface area contributed by atoms with Crippen LogP contribution in [0.4, 0.5) is 20.2 Å². The SMILES string of the molecule is Cl.O=C1COCN1CCCCN1CC[C@@H]2[C@@H](C1)c1cc(F)ccc1N2c1ccc(F)cc1. The maximum atomic E-state index is 14.1. The van der Waals surface area contributed by atoms with Crippen LogP contribution in [0, 0.1) is 11.6 Å². The van der Waals surface area contributed by atoms with Gasteiger partial charge in [0.25, 0.3) is 0 Å². The topological polar surface area (TPSA) is 36.0 Å². The molecule has 2 saturated heterocycles. The fraction of sp³-hybridized carbons (Fsp3) is 0.458. The van der Waals surface area contributed by atoms with Gasteiger partial charge >= 0.3 is 0 Å². The summed E-state index contributed by atoms with van der Waals surface area (Å²) < 4.78 is 32.7. The number of ether oxygens (including phenoxy) is 1. The summed E-state index contributed by atoms with van der Waals surface area (Å²) in [6.07, 6.45) is 2.93. The van der Waals surface area contributed by atoms with Crippen molar-refractivity contribution in [2.24, 2.45) is 0 Å². The number of fused-ring (bicyclic) bond motifs is 3. The summed E-state index contributed by atoms with van der Waals surface area (Å²) in [5, 5.41) is 0. The standard InChI is InChI=1S/C24H27F2N3O2.ClH/c25-17-3-6-19(7-4-17)29-22-8-5-18(26)13-20(22)21-14-27(12-9-23(21)29)10-1-2-11-28-16-31-15-24(28)30;/h3-8,13,21,23H,1-2,9-12,14-16H2;1H/t21-,23+;/m0./s1. The molecular formula is C24H28ClF2N3O2. The number of carbonyl (C=O) groups excluding carboxylic acids is 1. The van der Waals surface area contributed by atoms with Crippen molar-refractivity contribution in [2.75, 3.05) is 44.4 Å². The Hall–Kier alpha value is -2.22. The van der Waals surface area contributed by atoms with Crippen molar-refractivity contribution < 1.29 is 18.3 Å². The molecule has 0 spiro atoms. The average molecular weight is 464 g/mol. The Morgan fingerprint density at radius 1 is 1.00 bits per heavy atom. The van der Waals surface area contributed by atoms with Gasteiger partial charge in [0, 0.05) is 43.0 Å². The Morgan fingerprint density at radius 3 is 2.50 bits per heavy atom. The van der Waals surface area contributed by atoms with Crippen LogP contribution >= 0.6 is 12.4 Å². The minimum Gasteiger partial charge on any atom is -0.351 e. The summed E-state index contributed by atoms with van der Waals surface area (Å²) >= 11 is 0. The summed E-state index contributed by atoms with van der Waals surface area (Å²) in [7, 11) is 0. The third kappa shape index (κ3) is 4.47. The van der Waals surface area contributed by atoms with Gasteiger partial charge in [-0.05, 0) is 73.8 Å². The Kier molecular flexibility index (Phi) is 6.98. The zero-order chi connectivity index (χ0) is 21.4.